The fraction of sp³-hybridized carbons (Fsp3) is 0.867. The maximum atomic E-state index is 12.5. The number of carbonyl (C=O) groups excluding carboxylic acids is 2. The standard InChI is InChI=1S/C15H29N3O2/c1-14(2,12(19)16-5)10-18-13(20)15(3,4)11-7-6-8-17-9-11/h11,17H,6-10H2,1-5H3,(H,16,19)(H,18,20). The van der Waals surface area contributed by atoms with Gasteiger partial charge in [0.25, 0.3) is 0 Å². The minimum Gasteiger partial charge on any atom is -0.359 e. The van der Waals surface area contributed by atoms with Crippen molar-refractivity contribution in [2.45, 2.75) is 40.5 Å². The summed E-state index contributed by atoms with van der Waals surface area (Å²) in [5.74, 6) is 0.317. The highest BCUT2D eigenvalue weighted by Gasteiger charge is 2.38. The van der Waals surface area contributed by atoms with E-state index in [4.69, 9.17) is 0 Å². The topological polar surface area (TPSA) is 70.2 Å². The van der Waals surface area contributed by atoms with Crippen molar-refractivity contribution in [2.75, 3.05) is 26.7 Å². The molecule has 0 radical (unpaired) electrons. The summed E-state index contributed by atoms with van der Waals surface area (Å²) < 4.78 is 0. The van der Waals surface area contributed by atoms with Crippen molar-refractivity contribution in [1.82, 2.24) is 16.0 Å². The minimum absolute atomic E-state index is 0.0307. The van der Waals surface area contributed by atoms with E-state index >= 15 is 0 Å². The summed E-state index contributed by atoms with van der Waals surface area (Å²) in [6.45, 7) is 9.94. The Morgan fingerprint density at radius 1 is 1.20 bits per heavy atom. The van der Waals surface area contributed by atoms with E-state index in [9.17, 15) is 9.59 Å². The van der Waals surface area contributed by atoms with Gasteiger partial charge in [-0.15, -0.1) is 0 Å². The first-order valence-corrected chi connectivity index (χ1v) is 7.43. The Balaban J connectivity index is 2.58. The molecule has 0 saturated carbocycles. The van der Waals surface area contributed by atoms with Gasteiger partial charge in [-0.05, 0) is 45.7 Å². The number of piperidine rings is 1. The van der Waals surface area contributed by atoms with Crippen LogP contribution in [0.5, 0.6) is 0 Å². The molecule has 1 saturated heterocycles. The molecule has 0 aliphatic carbocycles. The zero-order valence-electron chi connectivity index (χ0n) is 13.4. The van der Waals surface area contributed by atoms with Crippen LogP contribution in [-0.4, -0.2) is 38.5 Å². The normalized spacial score (nSPS) is 20.4. The molecule has 0 aromatic heterocycles. The number of hydrogen-bond donors (Lipinski definition) is 3. The first kappa shape index (κ1) is 17.0. The minimum atomic E-state index is -0.592. The molecule has 0 aromatic rings. The van der Waals surface area contributed by atoms with Gasteiger partial charge in [-0.1, -0.05) is 13.8 Å². The van der Waals surface area contributed by atoms with E-state index in [0.717, 1.165) is 25.9 Å². The molecular weight excluding hydrogens is 254 g/mol. The highest BCUT2D eigenvalue weighted by molar-refractivity contribution is 5.85. The van der Waals surface area contributed by atoms with Crippen molar-refractivity contribution in [3.8, 4) is 0 Å². The Kier molecular flexibility index (Phi) is 5.57. The zero-order chi connectivity index (χ0) is 15.4. The van der Waals surface area contributed by atoms with Gasteiger partial charge in [0.15, 0.2) is 0 Å². The van der Waals surface area contributed by atoms with Crippen molar-refractivity contribution >= 4 is 11.8 Å². The molecule has 0 bridgehead atoms. The van der Waals surface area contributed by atoms with Gasteiger partial charge >= 0.3 is 0 Å². The average molecular weight is 283 g/mol. The fourth-order valence-corrected chi connectivity index (χ4v) is 2.60. The molecular formula is C15H29N3O2. The van der Waals surface area contributed by atoms with Crippen LogP contribution in [0.3, 0.4) is 0 Å². The number of rotatable bonds is 5. The van der Waals surface area contributed by atoms with Crippen LogP contribution in [-0.2, 0) is 9.59 Å². The number of hydrogen-bond acceptors (Lipinski definition) is 3. The summed E-state index contributed by atoms with van der Waals surface area (Å²) in [5, 5.41) is 8.93. The number of carbonyl (C=O) groups is 2. The van der Waals surface area contributed by atoms with Gasteiger partial charge in [-0.25, -0.2) is 0 Å². The van der Waals surface area contributed by atoms with Gasteiger partial charge in [0.1, 0.15) is 0 Å². The molecule has 5 nitrogen and oxygen atoms in total. The van der Waals surface area contributed by atoms with Crippen molar-refractivity contribution in [3.63, 3.8) is 0 Å². The van der Waals surface area contributed by atoms with Gasteiger partial charge in [0.05, 0.1) is 5.41 Å². The van der Waals surface area contributed by atoms with Crippen LogP contribution in [0.25, 0.3) is 0 Å². The van der Waals surface area contributed by atoms with Crippen LogP contribution in [0, 0.1) is 16.7 Å². The van der Waals surface area contributed by atoms with E-state index in [1.54, 1.807) is 7.05 Å². The van der Waals surface area contributed by atoms with Gasteiger partial charge in [0.2, 0.25) is 11.8 Å². The Bertz CT molecular complexity index is 358. The molecule has 0 aromatic carbocycles. The summed E-state index contributed by atoms with van der Waals surface area (Å²) in [6.07, 6.45) is 2.19. The molecule has 1 aliphatic heterocycles. The highest BCUT2D eigenvalue weighted by atomic mass is 16.2. The lowest BCUT2D eigenvalue weighted by atomic mass is 9.74. The van der Waals surface area contributed by atoms with E-state index in [-0.39, 0.29) is 11.8 Å². The molecule has 116 valence electrons. The van der Waals surface area contributed by atoms with Crippen LogP contribution in [0.15, 0.2) is 0 Å². The molecule has 5 heteroatoms. The molecule has 20 heavy (non-hydrogen) atoms. The predicted molar refractivity (Wildman–Crippen MR) is 80.2 cm³/mol. The van der Waals surface area contributed by atoms with Crippen molar-refractivity contribution in [1.29, 1.82) is 0 Å². The lowest BCUT2D eigenvalue weighted by molar-refractivity contribution is -0.134. The van der Waals surface area contributed by atoms with Crippen LogP contribution >= 0.6 is 0 Å². The zero-order valence-corrected chi connectivity index (χ0v) is 13.4. The van der Waals surface area contributed by atoms with Gasteiger partial charge in [-0.3, -0.25) is 9.59 Å². The quantitative estimate of drug-likeness (QED) is 0.702. The molecule has 0 spiro atoms. The van der Waals surface area contributed by atoms with E-state index in [0.29, 0.717) is 12.5 Å². The van der Waals surface area contributed by atoms with Crippen molar-refractivity contribution in [3.05, 3.63) is 0 Å². The predicted octanol–water partition coefficient (Wildman–Crippen LogP) is 0.901. The molecule has 1 heterocycles. The Morgan fingerprint density at radius 3 is 2.35 bits per heavy atom. The highest BCUT2D eigenvalue weighted by Crippen LogP contribution is 2.32. The molecule has 1 aliphatic rings. The Labute approximate surface area is 122 Å². The monoisotopic (exact) mass is 283 g/mol. The molecule has 1 atom stereocenters. The molecule has 1 fully saturated rings. The number of amides is 2. The fourth-order valence-electron chi connectivity index (χ4n) is 2.60. The lowest BCUT2D eigenvalue weighted by Gasteiger charge is -2.36. The van der Waals surface area contributed by atoms with E-state index in [1.807, 2.05) is 27.7 Å². The van der Waals surface area contributed by atoms with Crippen LogP contribution in [0.4, 0.5) is 0 Å². The Morgan fingerprint density at radius 2 is 1.85 bits per heavy atom. The van der Waals surface area contributed by atoms with Crippen LogP contribution in [0.1, 0.15) is 40.5 Å². The maximum absolute atomic E-state index is 12.5. The first-order chi connectivity index (χ1) is 9.21. The third kappa shape index (κ3) is 3.95. The van der Waals surface area contributed by atoms with Crippen LogP contribution < -0.4 is 16.0 Å². The average Bonchev–Trinajstić information content (AvgIpc) is 2.44. The summed E-state index contributed by atoms with van der Waals surface area (Å²) in [6, 6.07) is 0. The van der Waals surface area contributed by atoms with Gasteiger partial charge < -0.3 is 16.0 Å². The SMILES string of the molecule is CNC(=O)C(C)(C)CNC(=O)C(C)(C)C1CCCNC1. The lowest BCUT2D eigenvalue weighted by Crippen LogP contribution is -2.50. The molecule has 1 rings (SSSR count). The summed E-state index contributed by atoms with van der Waals surface area (Å²) >= 11 is 0. The van der Waals surface area contributed by atoms with Crippen LogP contribution in [0.2, 0.25) is 0 Å². The third-order valence-electron chi connectivity index (χ3n) is 4.44. The molecule has 2 amide bonds. The summed E-state index contributed by atoms with van der Waals surface area (Å²) in [5.41, 5.74) is -1.00. The van der Waals surface area contributed by atoms with E-state index < -0.39 is 10.8 Å². The maximum Gasteiger partial charge on any atom is 0.227 e. The second-order valence-corrected chi connectivity index (χ2v) is 6.91. The van der Waals surface area contributed by atoms with Crippen molar-refractivity contribution in [2.24, 2.45) is 16.7 Å². The largest absolute Gasteiger partial charge is 0.359 e. The van der Waals surface area contributed by atoms with Crippen molar-refractivity contribution < 1.29 is 9.59 Å². The van der Waals surface area contributed by atoms with Gasteiger partial charge in [0, 0.05) is 19.0 Å². The van der Waals surface area contributed by atoms with Gasteiger partial charge in [-0.2, -0.15) is 0 Å². The first-order valence-electron chi connectivity index (χ1n) is 7.43. The second-order valence-electron chi connectivity index (χ2n) is 6.91. The smallest absolute Gasteiger partial charge is 0.227 e. The molecule has 1 unspecified atom stereocenters. The van der Waals surface area contributed by atoms with E-state index in [2.05, 4.69) is 16.0 Å². The third-order valence-corrected chi connectivity index (χ3v) is 4.44. The number of nitrogens with one attached hydrogen (secondary N) is 3. The molecule has 3 N–H and O–H groups in total. The summed E-state index contributed by atoms with van der Waals surface area (Å²) in [4.78, 5) is 24.2. The summed E-state index contributed by atoms with van der Waals surface area (Å²) in [7, 11) is 1.61. The van der Waals surface area contributed by atoms with E-state index in [1.165, 1.54) is 0 Å². The second kappa shape index (κ2) is 6.57. The Hall–Kier alpha value is -1.10.